The maximum absolute atomic E-state index is 12.5. The number of carboxylic acid groups (broad SMARTS) is 1. The molecule has 5 nitrogen and oxygen atoms in total. The van der Waals surface area contributed by atoms with Crippen molar-refractivity contribution < 1.29 is 14.7 Å². The summed E-state index contributed by atoms with van der Waals surface area (Å²) < 4.78 is 0. The number of carbonyl (C=O) groups is 2. The Balaban J connectivity index is 1.86. The molecule has 0 bridgehead atoms. The van der Waals surface area contributed by atoms with Gasteiger partial charge in [0.1, 0.15) is 0 Å². The topological polar surface area (TPSA) is 60.9 Å². The molecule has 0 aromatic heterocycles. The first-order valence-electron chi connectivity index (χ1n) is 7.73. The van der Waals surface area contributed by atoms with Gasteiger partial charge in [-0.05, 0) is 31.6 Å². The molecule has 5 heteroatoms. The number of hydrogen-bond donors (Lipinski definition) is 1. The SMILES string of the molecule is CC1CCCC(N(C)C(=O)N2CCC(C(=O)O)CC2)C1. The van der Waals surface area contributed by atoms with Gasteiger partial charge >= 0.3 is 12.0 Å². The predicted octanol–water partition coefficient (Wildman–Crippen LogP) is 2.41. The summed E-state index contributed by atoms with van der Waals surface area (Å²) in [6, 6.07) is 0.427. The van der Waals surface area contributed by atoms with E-state index in [4.69, 9.17) is 5.11 Å². The fraction of sp³-hybridized carbons (Fsp3) is 0.867. The van der Waals surface area contributed by atoms with Crippen LogP contribution in [-0.4, -0.2) is 53.1 Å². The Morgan fingerprint density at radius 3 is 2.35 bits per heavy atom. The Kier molecular flexibility index (Phi) is 4.89. The minimum Gasteiger partial charge on any atom is -0.481 e. The molecule has 1 N–H and O–H groups in total. The molecule has 2 rings (SSSR count). The number of rotatable bonds is 2. The standard InChI is InChI=1S/C15H26N2O3/c1-11-4-3-5-13(10-11)16(2)15(20)17-8-6-12(7-9-17)14(18)19/h11-13H,3-10H2,1-2H3,(H,18,19). The van der Waals surface area contributed by atoms with Crippen molar-refractivity contribution in [1.82, 2.24) is 9.80 Å². The number of amides is 2. The van der Waals surface area contributed by atoms with Gasteiger partial charge in [0, 0.05) is 26.2 Å². The highest BCUT2D eigenvalue weighted by Crippen LogP contribution is 2.28. The quantitative estimate of drug-likeness (QED) is 0.846. The number of carbonyl (C=O) groups excluding carboxylic acids is 1. The minimum absolute atomic E-state index is 0.0768. The van der Waals surface area contributed by atoms with E-state index in [1.807, 2.05) is 16.8 Å². The summed E-state index contributed by atoms with van der Waals surface area (Å²) in [5.41, 5.74) is 0. The first-order valence-corrected chi connectivity index (χ1v) is 7.73. The Hall–Kier alpha value is -1.26. The number of piperidine rings is 1. The van der Waals surface area contributed by atoms with Crippen LogP contribution in [0.1, 0.15) is 45.4 Å². The first-order chi connectivity index (χ1) is 9.49. The van der Waals surface area contributed by atoms with Gasteiger partial charge in [0.05, 0.1) is 5.92 Å². The molecular weight excluding hydrogens is 256 g/mol. The highest BCUT2D eigenvalue weighted by molar-refractivity contribution is 5.75. The van der Waals surface area contributed by atoms with Gasteiger partial charge in [0.2, 0.25) is 0 Å². The molecule has 0 radical (unpaired) electrons. The lowest BCUT2D eigenvalue weighted by molar-refractivity contribution is -0.143. The van der Waals surface area contributed by atoms with Crippen LogP contribution in [0.3, 0.4) is 0 Å². The first kappa shape index (κ1) is 15.1. The summed E-state index contributed by atoms with van der Waals surface area (Å²) >= 11 is 0. The zero-order chi connectivity index (χ0) is 14.7. The van der Waals surface area contributed by atoms with E-state index in [-0.39, 0.29) is 11.9 Å². The van der Waals surface area contributed by atoms with Gasteiger partial charge < -0.3 is 14.9 Å². The molecule has 2 unspecified atom stereocenters. The fourth-order valence-electron chi connectivity index (χ4n) is 3.45. The highest BCUT2D eigenvalue weighted by Gasteiger charge is 2.31. The molecule has 1 aliphatic carbocycles. The number of nitrogens with zero attached hydrogens (tertiary/aromatic N) is 2. The van der Waals surface area contributed by atoms with Crippen molar-refractivity contribution in [3.63, 3.8) is 0 Å². The summed E-state index contributed by atoms with van der Waals surface area (Å²) in [6.07, 6.45) is 5.81. The predicted molar refractivity (Wildman–Crippen MR) is 76.5 cm³/mol. The number of carboxylic acids is 1. The van der Waals surface area contributed by atoms with Gasteiger partial charge in [-0.3, -0.25) is 4.79 Å². The van der Waals surface area contributed by atoms with Crippen LogP contribution in [0.15, 0.2) is 0 Å². The lowest BCUT2D eigenvalue weighted by atomic mass is 9.86. The maximum atomic E-state index is 12.5. The van der Waals surface area contributed by atoms with Crippen molar-refractivity contribution in [2.45, 2.75) is 51.5 Å². The van der Waals surface area contributed by atoms with Crippen molar-refractivity contribution in [3.8, 4) is 0 Å². The second kappa shape index (κ2) is 6.46. The Morgan fingerprint density at radius 2 is 1.80 bits per heavy atom. The number of likely N-dealkylation sites (tertiary alicyclic amines) is 1. The monoisotopic (exact) mass is 282 g/mol. The van der Waals surface area contributed by atoms with Crippen molar-refractivity contribution >= 4 is 12.0 Å². The molecule has 2 atom stereocenters. The average Bonchev–Trinajstić information content (AvgIpc) is 2.46. The summed E-state index contributed by atoms with van der Waals surface area (Å²) in [4.78, 5) is 27.1. The molecule has 2 amide bonds. The summed E-state index contributed by atoms with van der Waals surface area (Å²) in [5.74, 6) is -0.313. The largest absolute Gasteiger partial charge is 0.481 e. The van der Waals surface area contributed by atoms with Crippen molar-refractivity contribution in [3.05, 3.63) is 0 Å². The molecule has 1 saturated heterocycles. The summed E-state index contributed by atoms with van der Waals surface area (Å²) in [7, 11) is 1.90. The van der Waals surface area contributed by atoms with E-state index in [0.29, 0.717) is 37.9 Å². The van der Waals surface area contributed by atoms with Crippen LogP contribution in [0, 0.1) is 11.8 Å². The third kappa shape index (κ3) is 3.44. The summed E-state index contributed by atoms with van der Waals surface area (Å²) in [5, 5.41) is 8.99. The minimum atomic E-state index is -0.730. The van der Waals surface area contributed by atoms with Gasteiger partial charge in [-0.15, -0.1) is 0 Å². The average molecular weight is 282 g/mol. The maximum Gasteiger partial charge on any atom is 0.319 e. The van der Waals surface area contributed by atoms with Gasteiger partial charge in [-0.2, -0.15) is 0 Å². The second-order valence-corrected chi connectivity index (χ2v) is 6.42. The van der Waals surface area contributed by atoms with E-state index in [2.05, 4.69) is 6.92 Å². The Bertz CT molecular complexity index is 364. The summed E-state index contributed by atoms with van der Waals surface area (Å²) in [6.45, 7) is 3.40. The van der Waals surface area contributed by atoms with Gasteiger partial charge in [0.25, 0.3) is 0 Å². The van der Waals surface area contributed by atoms with E-state index in [1.165, 1.54) is 12.8 Å². The van der Waals surface area contributed by atoms with E-state index < -0.39 is 5.97 Å². The molecule has 2 aliphatic rings. The van der Waals surface area contributed by atoms with Crippen LogP contribution in [0.4, 0.5) is 4.79 Å². The third-order valence-electron chi connectivity index (χ3n) is 4.87. The lowest BCUT2D eigenvalue weighted by Crippen LogP contribution is -2.50. The normalized spacial score (nSPS) is 28.2. The molecule has 0 spiro atoms. The Labute approximate surface area is 120 Å². The van der Waals surface area contributed by atoms with Crippen molar-refractivity contribution in [2.75, 3.05) is 20.1 Å². The third-order valence-corrected chi connectivity index (χ3v) is 4.87. The highest BCUT2D eigenvalue weighted by atomic mass is 16.4. The van der Waals surface area contributed by atoms with Crippen molar-refractivity contribution in [2.24, 2.45) is 11.8 Å². The van der Waals surface area contributed by atoms with Crippen molar-refractivity contribution in [1.29, 1.82) is 0 Å². The van der Waals surface area contributed by atoms with Gasteiger partial charge in [-0.25, -0.2) is 4.79 Å². The zero-order valence-corrected chi connectivity index (χ0v) is 12.5. The molecule has 20 heavy (non-hydrogen) atoms. The number of urea groups is 1. The van der Waals surface area contributed by atoms with Crippen LogP contribution >= 0.6 is 0 Å². The molecular formula is C15H26N2O3. The fourth-order valence-corrected chi connectivity index (χ4v) is 3.45. The van der Waals surface area contributed by atoms with Gasteiger partial charge in [0.15, 0.2) is 0 Å². The van der Waals surface area contributed by atoms with E-state index in [9.17, 15) is 9.59 Å². The molecule has 1 saturated carbocycles. The molecule has 1 aliphatic heterocycles. The van der Waals surface area contributed by atoms with Crippen LogP contribution in [0.5, 0.6) is 0 Å². The molecule has 0 aromatic rings. The second-order valence-electron chi connectivity index (χ2n) is 6.42. The van der Waals surface area contributed by atoms with E-state index >= 15 is 0 Å². The van der Waals surface area contributed by atoms with Crippen LogP contribution in [-0.2, 0) is 4.79 Å². The van der Waals surface area contributed by atoms with Crippen LogP contribution < -0.4 is 0 Å². The van der Waals surface area contributed by atoms with E-state index in [1.54, 1.807) is 0 Å². The number of hydrogen-bond acceptors (Lipinski definition) is 2. The lowest BCUT2D eigenvalue weighted by Gasteiger charge is -2.39. The molecule has 2 fully saturated rings. The van der Waals surface area contributed by atoms with Crippen LogP contribution in [0.2, 0.25) is 0 Å². The molecule has 114 valence electrons. The van der Waals surface area contributed by atoms with Crippen LogP contribution in [0.25, 0.3) is 0 Å². The molecule has 0 aromatic carbocycles. The van der Waals surface area contributed by atoms with E-state index in [0.717, 1.165) is 12.8 Å². The number of aliphatic carboxylic acids is 1. The van der Waals surface area contributed by atoms with Gasteiger partial charge in [-0.1, -0.05) is 19.8 Å². The zero-order valence-electron chi connectivity index (χ0n) is 12.5. The molecule has 1 heterocycles. The Morgan fingerprint density at radius 1 is 1.15 bits per heavy atom. The smallest absolute Gasteiger partial charge is 0.319 e.